The fourth-order valence-electron chi connectivity index (χ4n) is 1.91. The molecule has 2 nitrogen and oxygen atoms in total. The molecule has 0 unspecified atom stereocenters. The second-order valence-electron chi connectivity index (χ2n) is 3.92. The van der Waals surface area contributed by atoms with Crippen LogP contribution < -0.4 is 0 Å². The monoisotopic (exact) mass is 208 g/mol. The van der Waals surface area contributed by atoms with Crippen LogP contribution in [0.15, 0.2) is 54.9 Å². The standard InChI is InChI=1S/C14H12N2/c1-2-4-11(5-3-1)8-12-9-13-6-7-15-14(13)16-10-12/h1-7,9-10H,8H2,(H,15,16). The van der Waals surface area contributed by atoms with Gasteiger partial charge in [-0.2, -0.15) is 0 Å². The van der Waals surface area contributed by atoms with Crippen molar-refractivity contribution in [3.05, 3.63) is 66.0 Å². The van der Waals surface area contributed by atoms with Crippen molar-refractivity contribution in [1.82, 2.24) is 9.97 Å². The normalized spacial score (nSPS) is 10.8. The van der Waals surface area contributed by atoms with Gasteiger partial charge in [-0.15, -0.1) is 0 Å². The topological polar surface area (TPSA) is 28.7 Å². The molecule has 16 heavy (non-hydrogen) atoms. The molecule has 0 aliphatic rings. The van der Waals surface area contributed by atoms with Gasteiger partial charge in [0, 0.05) is 17.8 Å². The third-order valence-corrected chi connectivity index (χ3v) is 2.71. The Kier molecular flexibility index (Phi) is 2.18. The number of nitrogens with one attached hydrogen (secondary N) is 1. The van der Waals surface area contributed by atoms with E-state index < -0.39 is 0 Å². The number of benzene rings is 1. The highest BCUT2D eigenvalue weighted by Crippen LogP contribution is 2.14. The van der Waals surface area contributed by atoms with Crippen molar-refractivity contribution in [3.8, 4) is 0 Å². The first-order valence-corrected chi connectivity index (χ1v) is 5.38. The summed E-state index contributed by atoms with van der Waals surface area (Å²) in [4.78, 5) is 7.48. The number of hydrogen-bond donors (Lipinski definition) is 1. The Morgan fingerprint density at radius 3 is 2.75 bits per heavy atom. The van der Waals surface area contributed by atoms with Crippen LogP contribution in [-0.4, -0.2) is 9.97 Å². The molecule has 0 radical (unpaired) electrons. The maximum atomic E-state index is 4.38. The fraction of sp³-hybridized carbons (Fsp3) is 0.0714. The van der Waals surface area contributed by atoms with Crippen LogP contribution in [0.3, 0.4) is 0 Å². The Labute approximate surface area is 94.0 Å². The van der Waals surface area contributed by atoms with Crippen LogP contribution >= 0.6 is 0 Å². The van der Waals surface area contributed by atoms with Gasteiger partial charge in [-0.05, 0) is 29.7 Å². The minimum atomic E-state index is 0.939. The Balaban J connectivity index is 1.94. The summed E-state index contributed by atoms with van der Waals surface area (Å²) in [5, 5.41) is 1.17. The van der Waals surface area contributed by atoms with Crippen molar-refractivity contribution >= 4 is 11.0 Å². The van der Waals surface area contributed by atoms with Crippen molar-refractivity contribution in [2.75, 3.05) is 0 Å². The summed E-state index contributed by atoms with van der Waals surface area (Å²) in [5.41, 5.74) is 3.52. The Bertz CT molecular complexity index is 596. The van der Waals surface area contributed by atoms with Gasteiger partial charge in [0.15, 0.2) is 0 Å². The lowest BCUT2D eigenvalue weighted by molar-refractivity contribution is 1.16. The van der Waals surface area contributed by atoms with Gasteiger partial charge in [0.1, 0.15) is 5.65 Å². The predicted octanol–water partition coefficient (Wildman–Crippen LogP) is 3.15. The van der Waals surface area contributed by atoms with Gasteiger partial charge in [-0.1, -0.05) is 30.3 Å². The maximum Gasteiger partial charge on any atom is 0.137 e. The third kappa shape index (κ3) is 1.70. The number of pyridine rings is 1. The van der Waals surface area contributed by atoms with E-state index in [0.717, 1.165) is 12.1 Å². The van der Waals surface area contributed by atoms with E-state index in [2.05, 4.69) is 46.4 Å². The molecule has 1 aromatic carbocycles. The number of hydrogen-bond acceptors (Lipinski definition) is 1. The van der Waals surface area contributed by atoms with Crippen LogP contribution in [0.4, 0.5) is 0 Å². The number of aromatic nitrogens is 2. The molecule has 2 heteroatoms. The first-order valence-electron chi connectivity index (χ1n) is 5.38. The maximum absolute atomic E-state index is 4.38. The van der Waals surface area contributed by atoms with Crippen molar-refractivity contribution in [1.29, 1.82) is 0 Å². The second-order valence-corrected chi connectivity index (χ2v) is 3.92. The zero-order valence-corrected chi connectivity index (χ0v) is 8.85. The van der Waals surface area contributed by atoms with E-state index in [1.807, 2.05) is 18.5 Å². The van der Waals surface area contributed by atoms with Crippen LogP contribution in [0.1, 0.15) is 11.1 Å². The van der Waals surface area contributed by atoms with E-state index in [-0.39, 0.29) is 0 Å². The number of nitrogens with zero attached hydrogens (tertiary/aromatic N) is 1. The molecule has 3 aromatic rings. The molecule has 3 rings (SSSR count). The second kappa shape index (κ2) is 3.81. The van der Waals surface area contributed by atoms with E-state index in [1.54, 1.807) is 0 Å². The summed E-state index contributed by atoms with van der Waals surface area (Å²) in [6.07, 6.45) is 4.80. The third-order valence-electron chi connectivity index (χ3n) is 2.71. The van der Waals surface area contributed by atoms with Gasteiger partial charge in [-0.25, -0.2) is 4.98 Å². The number of fused-ring (bicyclic) bond motifs is 1. The number of aromatic amines is 1. The lowest BCUT2D eigenvalue weighted by Gasteiger charge is -2.01. The molecule has 2 aromatic heterocycles. The minimum Gasteiger partial charge on any atom is -0.346 e. The van der Waals surface area contributed by atoms with Gasteiger partial charge in [0.25, 0.3) is 0 Å². The molecule has 0 atom stereocenters. The molecular weight excluding hydrogens is 196 g/mol. The van der Waals surface area contributed by atoms with E-state index >= 15 is 0 Å². The van der Waals surface area contributed by atoms with Crippen molar-refractivity contribution in [2.45, 2.75) is 6.42 Å². The van der Waals surface area contributed by atoms with Crippen molar-refractivity contribution in [2.24, 2.45) is 0 Å². The lowest BCUT2D eigenvalue weighted by atomic mass is 10.1. The van der Waals surface area contributed by atoms with E-state index in [0.29, 0.717) is 0 Å². The summed E-state index contributed by atoms with van der Waals surface area (Å²) in [5.74, 6) is 0. The van der Waals surface area contributed by atoms with E-state index in [4.69, 9.17) is 0 Å². The van der Waals surface area contributed by atoms with Crippen molar-refractivity contribution in [3.63, 3.8) is 0 Å². The van der Waals surface area contributed by atoms with Crippen LogP contribution in [0.2, 0.25) is 0 Å². The number of rotatable bonds is 2. The average Bonchev–Trinajstić information content (AvgIpc) is 2.77. The summed E-state index contributed by atoms with van der Waals surface area (Å²) in [6, 6.07) is 14.7. The van der Waals surface area contributed by atoms with Crippen LogP contribution in [0.25, 0.3) is 11.0 Å². The molecule has 0 aliphatic heterocycles. The van der Waals surface area contributed by atoms with Gasteiger partial charge in [0.2, 0.25) is 0 Å². The van der Waals surface area contributed by atoms with E-state index in [9.17, 15) is 0 Å². The molecule has 2 heterocycles. The molecule has 1 N–H and O–H groups in total. The van der Waals surface area contributed by atoms with Crippen LogP contribution in [0.5, 0.6) is 0 Å². The number of H-pyrrole nitrogens is 1. The highest BCUT2D eigenvalue weighted by Gasteiger charge is 1.99. The molecule has 78 valence electrons. The predicted molar refractivity (Wildman–Crippen MR) is 65.3 cm³/mol. The highest BCUT2D eigenvalue weighted by atomic mass is 14.8. The molecule has 0 amide bonds. The summed E-state index contributed by atoms with van der Waals surface area (Å²) >= 11 is 0. The smallest absolute Gasteiger partial charge is 0.137 e. The molecule has 0 fully saturated rings. The Hall–Kier alpha value is -2.09. The minimum absolute atomic E-state index is 0.939. The summed E-state index contributed by atoms with van der Waals surface area (Å²) in [6.45, 7) is 0. The SMILES string of the molecule is c1ccc(Cc2cnc3[nH]ccc3c2)cc1. The summed E-state index contributed by atoms with van der Waals surface area (Å²) in [7, 11) is 0. The fourth-order valence-corrected chi connectivity index (χ4v) is 1.91. The molecular formula is C14H12N2. The zero-order valence-electron chi connectivity index (χ0n) is 8.85. The highest BCUT2D eigenvalue weighted by molar-refractivity contribution is 5.75. The zero-order chi connectivity index (χ0) is 10.8. The van der Waals surface area contributed by atoms with E-state index in [1.165, 1.54) is 16.5 Å². The molecule has 0 saturated carbocycles. The van der Waals surface area contributed by atoms with Gasteiger partial charge >= 0.3 is 0 Å². The Morgan fingerprint density at radius 2 is 1.88 bits per heavy atom. The first kappa shape index (κ1) is 9.16. The average molecular weight is 208 g/mol. The van der Waals surface area contributed by atoms with Gasteiger partial charge in [-0.3, -0.25) is 0 Å². The Morgan fingerprint density at radius 1 is 1.00 bits per heavy atom. The van der Waals surface area contributed by atoms with Crippen LogP contribution in [-0.2, 0) is 6.42 Å². The molecule has 0 aliphatic carbocycles. The molecule has 0 saturated heterocycles. The molecule has 0 spiro atoms. The summed E-state index contributed by atoms with van der Waals surface area (Å²) < 4.78 is 0. The quantitative estimate of drug-likeness (QED) is 0.688. The largest absolute Gasteiger partial charge is 0.346 e. The van der Waals surface area contributed by atoms with Gasteiger partial charge < -0.3 is 4.98 Å². The lowest BCUT2D eigenvalue weighted by Crippen LogP contribution is -1.89. The first-order chi connectivity index (χ1) is 7.92. The van der Waals surface area contributed by atoms with Gasteiger partial charge in [0.05, 0.1) is 0 Å². The van der Waals surface area contributed by atoms with Crippen LogP contribution in [0, 0.1) is 0 Å². The van der Waals surface area contributed by atoms with Crippen molar-refractivity contribution < 1.29 is 0 Å². The molecule has 0 bridgehead atoms.